The Bertz CT molecular complexity index is 499. The number of hydrogen-bond acceptors (Lipinski definition) is 5. The molecule has 0 spiro atoms. The number of carbonyl (C=O) groups excluding carboxylic acids is 1. The van der Waals surface area contributed by atoms with Crippen LogP contribution >= 0.6 is 0 Å². The van der Waals surface area contributed by atoms with Gasteiger partial charge in [-0.2, -0.15) is 8.78 Å². The summed E-state index contributed by atoms with van der Waals surface area (Å²) in [4.78, 5) is 21.3. The summed E-state index contributed by atoms with van der Waals surface area (Å²) in [6.45, 7) is 2.93. The van der Waals surface area contributed by atoms with Gasteiger partial charge in [-0.05, 0) is 31.7 Å². The number of ether oxygens (including phenoxy) is 1. The Morgan fingerprint density at radius 3 is 2.87 bits per heavy atom. The van der Waals surface area contributed by atoms with Crippen molar-refractivity contribution in [3.63, 3.8) is 0 Å². The average molecular weight is 328 g/mol. The smallest absolute Gasteiger partial charge is 0.316 e. The number of piperidine rings is 1. The van der Waals surface area contributed by atoms with Crippen molar-refractivity contribution in [3.05, 3.63) is 18.0 Å². The van der Waals surface area contributed by atoms with Gasteiger partial charge in [-0.1, -0.05) is 0 Å². The number of methoxy groups -OCH3 is 1. The lowest BCUT2D eigenvalue weighted by Crippen LogP contribution is -2.37. The first kappa shape index (κ1) is 17.5. The third kappa shape index (κ3) is 5.70. The molecule has 0 radical (unpaired) electrons. The number of rotatable bonds is 7. The van der Waals surface area contributed by atoms with E-state index in [9.17, 15) is 13.6 Å². The fraction of sp³-hybridized carbons (Fsp3) is 0.667. The molecule has 1 aromatic heterocycles. The second-order valence-corrected chi connectivity index (χ2v) is 5.70. The Hall–Kier alpha value is -1.83. The molecule has 0 unspecified atom stereocenters. The molecule has 1 atom stereocenters. The molecule has 1 N–H and O–H groups in total. The van der Waals surface area contributed by atoms with E-state index in [1.165, 1.54) is 7.11 Å². The lowest BCUT2D eigenvalue weighted by Gasteiger charge is -2.32. The second kappa shape index (κ2) is 8.71. The zero-order valence-corrected chi connectivity index (χ0v) is 13.2. The predicted molar refractivity (Wildman–Crippen MR) is 80.2 cm³/mol. The van der Waals surface area contributed by atoms with Crippen LogP contribution in [0.4, 0.5) is 8.78 Å². The van der Waals surface area contributed by atoms with Gasteiger partial charge in [-0.3, -0.25) is 9.69 Å². The Morgan fingerprint density at radius 1 is 1.48 bits per heavy atom. The van der Waals surface area contributed by atoms with Crippen LogP contribution in [0.1, 0.15) is 24.8 Å². The van der Waals surface area contributed by atoms with Crippen molar-refractivity contribution in [2.24, 2.45) is 5.92 Å². The van der Waals surface area contributed by atoms with Gasteiger partial charge in [0.05, 0.1) is 7.11 Å². The van der Waals surface area contributed by atoms with Gasteiger partial charge < -0.3 is 10.1 Å². The second-order valence-electron chi connectivity index (χ2n) is 5.70. The molecule has 0 saturated carbocycles. The number of nitrogens with one attached hydrogen (secondary N) is 1. The van der Waals surface area contributed by atoms with Crippen molar-refractivity contribution in [1.82, 2.24) is 20.2 Å². The molecule has 1 aliphatic heterocycles. The quantitative estimate of drug-likeness (QED) is 0.821. The molecule has 0 bridgehead atoms. The van der Waals surface area contributed by atoms with E-state index in [1.807, 2.05) is 0 Å². The molecular formula is C15H22F2N4O2. The summed E-state index contributed by atoms with van der Waals surface area (Å²) in [6.07, 6.45) is 3.39. The lowest BCUT2D eigenvalue weighted by molar-refractivity contribution is -0.131. The van der Waals surface area contributed by atoms with Crippen LogP contribution in [0.3, 0.4) is 0 Å². The fourth-order valence-electron chi connectivity index (χ4n) is 2.80. The van der Waals surface area contributed by atoms with Gasteiger partial charge in [-0.25, -0.2) is 9.97 Å². The molecule has 2 rings (SSSR count). The number of aromatic nitrogens is 2. The highest BCUT2D eigenvalue weighted by Gasteiger charge is 2.21. The number of carbonyl (C=O) groups is 1. The number of nitrogens with zero attached hydrogens (tertiary/aromatic N) is 3. The molecule has 6 nitrogen and oxygen atoms in total. The largest absolute Gasteiger partial charge is 0.467 e. The van der Waals surface area contributed by atoms with E-state index in [2.05, 4.69) is 20.2 Å². The minimum Gasteiger partial charge on any atom is -0.467 e. The van der Waals surface area contributed by atoms with Crippen LogP contribution in [-0.4, -0.2) is 53.9 Å². The van der Waals surface area contributed by atoms with Crippen LogP contribution in [0, 0.1) is 5.92 Å². The first-order valence-electron chi connectivity index (χ1n) is 7.71. The van der Waals surface area contributed by atoms with Gasteiger partial charge in [0.2, 0.25) is 0 Å². The van der Waals surface area contributed by atoms with Crippen molar-refractivity contribution < 1.29 is 18.3 Å². The van der Waals surface area contributed by atoms with Crippen LogP contribution in [0.5, 0.6) is 6.01 Å². The van der Waals surface area contributed by atoms with Gasteiger partial charge in [0.25, 0.3) is 5.91 Å². The van der Waals surface area contributed by atoms with E-state index in [0.717, 1.165) is 38.0 Å². The number of halogens is 2. The number of likely N-dealkylation sites (tertiary alicyclic amines) is 1. The van der Waals surface area contributed by atoms with Crippen LogP contribution in [-0.2, 0) is 11.3 Å². The summed E-state index contributed by atoms with van der Waals surface area (Å²) in [7, 11) is 1.52. The van der Waals surface area contributed by atoms with Gasteiger partial charge in [0, 0.05) is 37.6 Å². The van der Waals surface area contributed by atoms with Crippen LogP contribution in [0.25, 0.3) is 0 Å². The predicted octanol–water partition coefficient (Wildman–Crippen LogP) is 1.47. The van der Waals surface area contributed by atoms with Gasteiger partial charge >= 0.3 is 12.4 Å². The molecule has 2 heterocycles. The van der Waals surface area contributed by atoms with E-state index in [4.69, 9.17) is 4.74 Å². The first-order chi connectivity index (χ1) is 11.1. The molecular weight excluding hydrogens is 306 g/mol. The highest BCUT2D eigenvalue weighted by atomic mass is 19.3. The molecule has 1 aliphatic rings. The maximum absolute atomic E-state index is 12.1. The molecule has 1 fully saturated rings. The molecule has 1 amide bonds. The number of amides is 1. The van der Waals surface area contributed by atoms with E-state index in [0.29, 0.717) is 24.9 Å². The van der Waals surface area contributed by atoms with Crippen molar-refractivity contribution >= 4 is 5.91 Å². The molecule has 0 aliphatic carbocycles. The number of alkyl halides is 2. The summed E-state index contributed by atoms with van der Waals surface area (Å²) < 4.78 is 29.2. The van der Waals surface area contributed by atoms with Gasteiger partial charge in [0.15, 0.2) is 0 Å². The topological polar surface area (TPSA) is 67.3 Å². The zero-order valence-electron chi connectivity index (χ0n) is 13.2. The Labute approximate surface area is 134 Å². The Balaban J connectivity index is 1.75. The third-order valence-electron chi connectivity index (χ3n) is 3.92. The molecule has 8 heteroatoms. The van der Waals surface area contributed by atoms with Crippen molar-refractivity contribution in [2.45, 2.75) is 32.2 Å². The molecule has 23 heavy (non-hydrogen) atoms. The number of hydrogen-bond donors (Lipinski definition) is 1. The van der Waals surface area contributed by atoms with E-state index in [-0.39, 0.29) is 0 Å². The Morgan fingerprint density at radius 2 is 2.22 bits per heavy atom. The zero-order chi connectivity index (χ0) is 16.7. The van der Waals surface area contributed by atoms with Gasteiger partial charge in [-0.15, -0.1) is 0 Å². The minimum absolute atomic E-state index is 0.299. The monoisotopic (exact) mass is 328 g/mol. The molecule has 128 valence electrons. The summed E-state index contributed by atoms with van der Waals surface area (Å²) in [5.41, 5.74) is 1.01. The summed E-state index contributed by atoms with van der Waals surface area (Å²) in [6, 6.07) is 0.347. The van der Waals surface area contributed by atoms with E-state index in [1.54, 1.807) is 12.4 Å². The van der Waals surface area contributed by atoms with Crippen molar-refractivity contribution in [2.75, 3.05) is 26.7 Å². The summed E-state index contributed by atoms with van der Waals surface area (Å²) in [5.74, 6) is -0.783. The van der Waals surface area contributed by atoms with Crippen LogP contribution in [0.2, 0.25) is 0 Å². The maximum atomic E-state index is 12.1. The first-order valence-corrected chi connectivity index (χ1v) is 7.71. The highest BCUT2D eigenvalue weighted by Crippen LogP contribution is 2.20. The average Bonchev–Trinajstić information content (AvgIpc) is 2.56. The SMILES string of the molecule is COc1ncc(CN2CCC[C@H](CCNC(=O)C(F)F)C2)cn1. The van der Waals surface area contributed by atoms with Gasteiger partial charge in [0.1, 0.15) is 0 Å². The summed E-state index contributed by atoms with van der Waals surface area (Å²) >= 11 is 0. The highest BCUT2D eigenvalue weighted by molar-refractivity contribution is 5.78. The van der Waals surface area contributed by atoms with Crippen LogP contribution < -0.4 is 10.1 Å². The minimum atomic E-state index is -2.94. The van der Waals surface area contributed by atoms with Crippen molar-refractivity contribution in [3.8, 4) is 6.01 Å². The molecule has 1 saturated heterocycles. The Kier molecular flexibility index (Phi) is 6.64. The standard InChI is InChI=1S/C15H22F2N4O2/c1-23-15-19-7-12(8-20-15)10-21-6-2-3-11(9-21)4-5-18-14(22)13(16)17/h7-8,11,13H,2-6,9-10H2,1H3,(H,18,22)/t11-/m1/s1. The normalized spacial score (nSPS) is 18.9. The fourth-order valence-corrected chi connectivity index (χ4v) is 2.80. The molecule has 1 aromatic rings. The summed E-state index contributed by atoms with van der Waals surface area (Å²) in [5, 5.41) is 2.27. The maximum Gasteiger partial charge on any atom is 0.316 e. The van der Waals surface area contributed by atoms with E-state index >= 15 is 0 Å². The molecule has 0 aromatic carbocycles. The third-order valence-corrected chi connectivity index (χ3v) is 3.92. The van der Waals surface area contributed by atoms with Crippen LogP contribution in [0.15, 0.2) is 12.4 Å². The van der Waals surface area contributed by atoms with E-state index < -0.39 is 12.3 Å². The lowest BCUT2D eigenvalue weighted by atomic mass is 9.94. The van der Waals surface area contributed by atoms with Crippen molar-refractivity contribution in [1.29, 1.82) is 0 Å².